The quantitative estimate of drug-likeness (QED) is 0.799. The largest absolute Gasteiger partial charge is 0.481 e. The molecule has 1 aliphatic rings. The third-order valence-corrected chi connectivity index (χ3v) is 4.89. The molecular weight excluding hydrogens is 343 g/mol. The standard InChI is InChI=1S/C19H22F3N3O/c1-13(16-4-3-5-18(24-16)26-2)25-9-8-15(12-25)10-14-6-7-17(23-11-14)19(20,21)22/h3-7,11,13,15H,8-10,12H2,1-2H3. The van der Waals surface area contributed by atoms with Crippen LogP contribution < -0.4 is 4.74 Å². The fourth-order valence-corrected chi connectivity index (χ4v) is 3.39. The highest BCUT2D eigenvalue weighted by Crippen LogP contribution is 2.30. The summed E-state index contributed by atoms with van der Waals surface area (Å²) < 4.78 is 43.0. The Hall–Kier alpha value is -2.15. The number of aromatic nitrogens is 2. The lowest BCUT2D eigenvalue weighted by molar-refractivity contribution is -0.141. The summed E-state index contributed by atoms with van der Waals surface area (Å²) in [6.45, 7) is 3.95. The molecule has 0 spiro atoms. The van der Waals surface area contributed by atoms with E-state index in [4.69, 9.17) is 4.74 Å². The first-order valence-electron chi connectivity index (χ1n) is 8.64. The zero-order chi connectivity index (χ0) is 18.7. The summed E-state index contributed by atoms with van der Waals surface area (Å²) in [6.07, 6.45) is -1.30. The van der Waals surface area contributed by atoms with Crippen LogP contribution in [-0.2, 0) is 12.6 Å². The number of rotatable bonds is 5. The van der Waals surface area contributed by atoms with Gasteiger partial charge < -0.3 is 4.74 Å². The van der Waals surface area contributed by atoms with E-state index in [0.29, 0.717) is 11.8 Å². The molecule has 0 aliphatic carbocycles. The third-order valence-electron chi connectivity index (χ3n) is 4.89. The maximum Gasteiger partial charge on any atom is 0.433 e. The van der Waals surface area contributed by atoms with Gasteiger partial charge in [0.25, 0.3) is 0 Å². The Morgan fingerprint density at radius 3 is 2.73 bits per heavy atom. The molecule has 3 heterocycles. The molecule has 0 amide bonds. The molecule has 2 atom stereocenters. The number of hydrogen-bond acceptors (Lipinski definition) is 4. The highest BCUT2D eigenvalue weighted by Gasteiger charge is 2.32. The van der Waals surface area contributed by atoms with Crippen LogP contribution in [0.5, 0.6) is 5.88 Å². The summed E-state index contributed by atoms with van der Waals surface area (Å²) in [5, 5.41) is 0. The second-order valence-corrected chi connectivity index (χ2v) is 6.68. The highest BCUT2D eigenvalue weighted by atomic mass is 19.4. The molecule has 1 aliphatic heterocycles. The Morgan fingerprint density at radius 1 is 1.27 bits per heavy atom. The summed E-state index contributed by atoms with van der Waals surface area (Å²) in [7, 11) is 1.60. The van der Waals surface area contributed by atoms with Crippen LogP contribution in [0.1, 0.15) is 36.3 Å². The van der Waals surface area contributed by atoms with E-state index < -0.39 is 11.9 Å². The molecule has 26 heavy (non-hydrogen) atoms. The molecule has 2 aromatic heterocycles. The van der Waals surface area contributed by atoms with Gasteiger partial charge in [0.15, 0.2) is 0 Å². The van der Waals surface area contributed by atoms with Crippen LogP contribution in [0.15, 0.2) is 36.5 Å². The summed E-state index contributed by atoms with van der Waals surface area (Å²) in [5.74, 6) is 1.00. The number of halogens is 3. The maximum atomic E-state index is 12.6. The number of methoxy groups -OCH3 is 1. The first kappa shape index (κ1) is 18.6. The molecule has 3 rings (SSSR count). The van der Waals surface area contributed by atoms with E-state index in [2.05, 4.69) is 21.8 Å². The number of ether oxygens (including phenoxy) is 1. The Balaban J connectivity index is 1.59. The van der Waals surface area contributed by atoms with Crippen molar-refractivity contribution < 1.29 is 17.9 Å². The molecular formula is C19H22F3N3O. The van der Waals surface area contributed by atoms with Crippen molar-refractivity contribution in [1.29, 1.82) is 0 Å². The average Bonchev–Trinajstić information content (AvgIpc) is 3.09. The van der Waals surface area contributed by atoms with Gasteiger partial charge in [-0.1, -0.05) is 12.1 Å². The van der Waals surface area contributed by atoms with Gasteiger partial charge in [0, 0.05) is 24.8 Å². The second kappa shape index (κ2) is 7.61. The van der Waals surface area contributed by atoms with Crippen molar-refractivity contribution in [2.75, 3.05) is 20.2 Å². The predicted molar refractivity (Wildman–Crippen MR) is 91.8 cm³/mol. The normalized spacial score (nSPS) is 19.5. The molecule has 1 saturated heterocycles. The Morgan fingerprint density at radius 2 is 2.08 bits per heavy atom. The molecule has 0 saturated carbocycles. The molecule has 0 aromatic carbocycles. The summed E-state index contributed by atoms with van der Waals surface area (Å²) in [5.41, 5.74) is 0.963. The van der Waals surface area contributed by atoms with Gasteiger partial charge >= 0.3 is 6.18 Å². The van der Waals surface area contributed by atoms with Crippen molar-refractivity contribution >= 4 is 0 Å². The van der Waals surface area contributed by atoms with Crippen LogP contribution in [0.3, 0.4) is 0 Å². The minimum Gasteiger partial charge on any atom is -0.481 e. The first-order chi connectivity index (χ1) is 12.4. The highest BCUT2D eigenvalue weighted by molar-refractivity contribution is 5.19. The van der Waals surface area contributed by atoms with E-state index in [1.165, 1.54) is 12.3 Å². The first-order valence-corrected chi connectivity index (χ1v) is 8.64. The zero-order valence-corrected chi connectivity index (χ0v) is 14.8. The fraction of sp³-hybridized carbons (Fsp3) is 0.474. The van der Waals surface area contributed by atoms with Crippen molar-refractivity contribution in [3.63, 3.8) is 0 Å². The summed E-state index contributed by atoms with van der Waals surface area (Å²) in [6, 6.07) is 8.50. The van der Waals surface area contributed by atoms with Crippen molar-refractivity contribution in [3.8, 4) is 5.88 Å². The van der Waals surface area contributed by atoms with Gasteiger partial charge in [-0.15, -0.1) is 0 Å². The van der Waals surface area contributed by atoms with Crippen LogP contribution in [-0.4, -0.2) is 35.1 Å². The van der Waals surface area contributed by atoms with Crippen LogP contribution in [0.4, 0.5) is 13.2 Å². The topological polar surface area (TPSA) is 38.2 Å². The molecule has 4 nitrogen and oxygen atoms in total. The predicted octanol–water partition coefficient (Wildman–Crippen LogP) is 4.13. The molecule has 0 bridgehead atoms. The SMILES string of the molecule is COc1cccc(C(C)N2CCC(Cc3ccc(C(F)(F)F)nc3)C2)n1. The van der Waals surface area contributed by atoms with Crippen LogP contribution in [0, 0.1) is 5.92 Å². The van der Waals surface area contributed by atoms with E-state index in [-0.39, 0.29) is 6.04 Å². The van der Waals surface area contributed by atoms with Gasteiger partial charge in [-0.3, -0.25) is 9.88 Å². The lowest BCUT2D eigenvalue weighted by Gasteiger charge is -2.24. The van der Waals surface area contributed by atoms with E-state index >= 15 is 0 Å². The molecule has 140 valence electrons. The van der Waals surface area contributed by atoms with Crippen LogP contribution in [0.2, 0.25) is 0 Å². The van der Waals surface area contributed by atoms with Crippen molar-refractivity contribution in [3.05, 3.63) is 53.5 Å². The maximum absolute atomic E-state index is 12.6. The van der Waals surface area contributed by atoms with E-state index in [0.717, 1.165) is 43.3 Å². The lowest BCUT2D eigenvalue weighted by Crippen LogP contribution is -2.25. The van der Waals surface area contributed by atoms with E-state index in [1.54, 1.807) is 7.11 Å². The minimum atomic E-state index is -4.39. The number of alkyl halides is 3. The zero-order valence-electron chi connectivity index (χ0n) is 14.8. The van der Waals surface area contributed by atoms with Crippen molar-refractivity contribution in [2.24, 2.45) is 5.92 Å². The Kier molecular flexibility index (Phi) is 5.46. The summed E-state index contributed by atoms with van der Waals surface area (Å²) in [4.78, 5) is 10.4. The molecule has 1 fully saturated rings. The van der Waals surface area contributed by atoms with Gasteiger partial charge in [-0.2, -0.15) is 13.2 Å². The summed E-state index contributed by atoms with van der Waals surface area (Å²) >= 11 is 0. The monoisotopic (exact) mass is 365 g/mol. The number of nitrogens with zero attached hydrogens (tertiary/aromatic N) is 3. The van der Waals surface area contributed by atoms with Crippen molar-refractivity contribution in [1.82, 2.24) is 14.9 Å². The number of likely N-dealkylation sites (tertiary alicyclic amines) is 1. The van der Waals surface area contributed by atoms with Gasteiger partial charge in [0.05, 0.1) is 12.8 Å². The van der Waals surface area contributed by atoms with Crippen LogP contribution in [0.25, 0.3) is 0 Å². The number of hydrogen-bond donors (Lipinski definition) is 0. The third kappa shape index (κ3) is 4.33. The molecule has 2 unspecified atom stereocenters. The van der Waals surface area contributed by atoms with Gasteiger partial charge in [-0.05, 0) is 49.9 Å². The average molecular weight is 365 g/mol. The van der Waals surface area contributed by atoms with E-state index in [1.807, 2.05) is 18.2 Å². The van der Waals surface area contributed by atoms with Crippen LogP contribution >= 0.6 is 0 Å². The molecule has 7 heteroatoms. The lowest BCUT2D eigenvalue weighted by atomic mass is 10.00. The van der Waals surface area contributed by atoms with Gasteiger partial charge in [-0.25, -0.2) is 4.98 Å². The second-order valence-electron chi connectivity index (χ2n) is 6.68. The molecule has 0 N–H and O–H groups in total. The molecule has 2 aromatic rings. The van der Waals surface area contributed by atoms with Gasteiger partial charge in [0.1, 0.15) is 5.69 Å². The molecule has 0 radical (unpaired) electrons. The van der Waals surface area contributed by atoms with E-state index in [9.17, 15) is 13.2 Å². The smallest absolute Gasteiger partial charge is 0.433 e. The fourth-order valence-electron chi connectivity index (χ4n) is 3.39. The van der Waals surface area contributed by atoms with Crippen molar-refractivity contribution in [2.45, 2.75) is 32.0 Å². The Bertz CT molecular complexity index is 734. The van der Waals surface area contributed by atoms with Gasteiger partial charge in [0.2, 0.25) is 5.88 Å². The minimum absolute atomic E-state index is 0.167. The Labute approximate surface area is 151 Å². The number of pyridine rings is 2.